The quantitative estimate of drug-likeness (QED) is 0.687. The van der Waals surface area contributed by atoms with Crippen molar-refractivity contribution in [1.29, 1.82) is 0 Å². The van der Waals surface area contributed by atoms with E-state index < -0.39 is 6.04 Å². The Balaban J connectivity index is 1.62. The molecule has 4 rings (SSSR count). The Morgan fingerprint density at radius 2 is 1.70 bits per heavy atom. The fraction of sp³-hybridized carbons (Fsp3) is 0.200. The van der Waals surface area contributed by atoms with Crippen molar-refractivity contribution in [2.75, 3.05) is 7.11 Å². The summed E-state index contributed by atoms with van der Waals surface area (Å²) in [5.74, 6) is 0.478. The van der Waals surface area contributed by atoms with Crippen molar-refractivity contribution in [2.45, 2.75) is 25.6 Å². The van der Waals surface area contributed by atoms with Gasteiger partial charge in [0.05, 0.1) is 13.5 Å². The summed E-state index contributed by atoms with van der Waals surface area (Å²) in [4.78, 5) is 28.0. The molecule has 0 spiro atoms. The Labute approximate surface area is 176 Å². The summed E-state index contributed by atoms with van der Waals surface area (Å²) in [5.41, 5.74) is 3.67. The maximum Gasteiger partial charge on any atom is 0.247 e. The minimum absolute atomic E-state index is 0.0463. The number of nitrogens with one attached hydrogen (secondary N) is 1. The van der Waals surface area contributed by atoms with Gasteiger partial charge in [0, 0.05) is 18.7 Å². The normalized spacial score (nSPS) is 15.4. The van der Waals surface area contributed by atoms with Crippen LogP contribution in [0.2, 0.25) is 0 Å². The molecule has 3 aromatic carbocycles. The topological polar surface area (TPSA) is 58.6 Å². The van der Waals surface area contributed by atoms with E-state index in [1.54, 1.807) is 12.0 Å². The first kappa shape index (κ1) is 19.7. The van der Waals surface area contributed by atoms with Crippen LogP contribution in [-0.4, -0.2) is 23.8 Å². The number of carbonyl (C=O) groups excluding carboxylic acids is 2. The number of fused-ring (bicyclic) bond motifs is 1. The highest BCUT2D eigenvalue weighted by Crippen LogP contribution is 2.32. The van der Waals surface area contributed by atoms with Gasteiger partial charge in [0.15, 0.2) is 0 Å². The van der Waals surface area contributed by atoms with Crippen molar-refractivity contribution < 1.29 is 14.3 Å². The second-order valence-electron chi connectivity index (χ2n) is 7.32. The lowest BCUT2D eigenvalue weighted by Gasteiger charge is -2.36. The third kappa shape index (κ3) is 4.06. The highest BCUT2D eigenvalue weighted by atomic mass is 16.5. The predicted octanol–water partition coefficient (Wildman–Crippen LogP) is 3.64. The highest BCUT2D eigenvalue weighted by Gasteiger charge is 2.36. The Morgan fingerprint density at radius 3 is 2.50 bits per heavy atom. The van der Waals surface area contributed by atoms with E-state index in [0.717, 1.165) is 28.0 Å². The van der Waals surface area contributed by atoms with Gasteiger partial charge in [-0.1, -0.05) is 72.8 Å². The zero-order chi connectivity index (χ0) is 20.9. The molecule has 0 bridgehead atoms. The molecule has 0 aromatic heterocycles. The summed E-state index contributed by atoms with van der Waals surface area (Å²) in [7, 11) is 1.61. The summed E-state index contributed by atoms with van der Waals surface area (Å²) in [6.45, 7) is 0.718. The molecule has 1 aliphatic heterocycles. The number of hydrogen-bond acceptors (Lipinski definition) is 3. The van der Waals surface area contributed by atoms with Crippen LogP contribution in [0.5, 0.6) is 5.75 Å². The third-order valence-corrected chi connectivity index (χ3v) is 5.41. The van der Waals surface area contributed by atoms with Gasteiger partial charge in [-0.2, -0.15) is 0 Å². The van der Waals surface area contributed by atoms with E-state index >= 15 is 0 Å². The van der Waals surface area contributed by atoms with E-state index in [2.05, 4.69) is 5.32 Å². The van der Waals surface area contributed by atoms with Crippen LogP contribution in [0.4, 0.5) is 0 Å². The summed E-state index contributed by atoms with van der Waals surface area (Å²) in [6, 6.07) is 24.3. The van der Waals surface area contributed by atoms with E-state index in [4.69, 9.17) is 4.74 Å². The zero-order valence-corrected chi connectivity index (χ0v) is 16.9. The Bertz CT molecular complexity index is 1050. The van der Waals surface area contributed by atoms with E-state index in [1.807, 2.05) is 78.9 Å². The molecule has 30 heavy (non-hydrogen) atoms. The number of benzene rings is 3. The first-order valence-corrected chi connectivity index (χ1v) is 9.98. The average molecular weight is 400 g/mol. The fourth-order valence-electron chi connectivity index (χ4n) is 3.91. The molecule has 0 saturated carbocycles. The van der Waals surface area contributed by atoms with Gasteiger partial charge in [0.2, 0.25) is 11.8 Å². The molecule has 0 aliphatic carbocycles. The average Bonchev–Trinajstić information content (AvgIpc) is 2.79. The molecule has 0 fully saturated rings. The van der Waals surface area contributed by atoms with E-state index in [9.17, 15) is 9.59 Å². The Hall–Kier alpha value is -3.60. The van der Waals surface area contributed by atoms with Crippen LogP contribution < -0.4 is 10.1 Å². The number of ether oxygens (including phenoxy) is 1. The molecule has 0 radical (unpaired) electrons. The van der Waals surface area contributed by atoms with Gasteiger partial charge < -0.3 is 15.0 Å². The lowest BCUT2D eigenvalue weighted by molar-refractivity contribution is -0.142. The van der Waals surface area contributed by atoms with Gasteiger partial charge in [-0.15, -0.1) is 0 Å². The third-order valence-electron chi connectivity index (χ3n) is 5.41. The summed E-state index contributed by atoms with van der Waals surface area (Å²) in [5, 5.41) is 3.01. The second-order valence-corrected chi connectivity index (χ2v) is 7.32. The molecule has 0 saturated heterocycles. The first-order chi connectivity index (χ1) is 14.7. The lowest BCUT2D eigenvalue weighted by atomic mass is 9.91. The van der Waals surface area contributed by atoms with E-state index in [-0.39, 0.29) is 11.8 Å². The van der Waals surface area contributed by atoms with Crippen LogP contribution in [0, 0.1) is 0 Å². The van der Waals surface area contributed by atoms with Crippen LogP contribution in [0.25, 0.3) is 0 Å². The van der Waals surface area contributed by atoms with Gasteiger partial charge in [-0.25, -0.2) is 0 Å². The van der Waals surface area contributed by atoms with Crippen LogP contribution in [-0.2, 0) is 29.1 Å². The molecule has 3 aromatic rings. The largest absolute Gasteiger partial charge is 0.496 e. The number of carbonyl (C=O) groups is 2. The second kappa shape index (κ2) is 8.82. The molecular weight excluding hydrogens is 376 g/mol. The molecule has 1 aliphatic rings. The molecule has 1 N–H and O–H groups in total. The van der Waals surface area contributed by atoms with E-state index in [0.29, 0.717) is 19.5 Å². The van der Waals surface area contributed by atoms with Gasteiger partial charge in [-0.3, -0.25) is 9.59 Å². The van der Waals surface area contributed by atoms with Crippen molar-refractivity contribution >= 4 is 11.8 Å². The molecule has 5 heteroatoms. The number of para-hydroxylation sites is 1. The first-order valence-electron chi connectivity index (χ1n) is 9.98. The number of methoxy groups -OCH3 is 1. The van der Waals surface area contributed by atoms with Crippen LogP contribution in [0.1, 0.15) is 28.3 Å². The van der Waals surface area contributed by atoms with E-state index in [1.165, 1.54) is 0 Å². The highest BCUT2D eigenvalue weighted by molar-refractivity contribution is 5.92. The van der Waals surface area contributed by atoms with Crippen molar-refractivity contribution in [3.05, 3.63) is 101 Å². The Kier molecular flexibility index (Phi) is 5.80. The molecule has 1 atom stereocenters. The molecular formula is C25H24N2O3. The van der Waals surface area contributed by atoms with Crippen molar-refractivity contribution in [3.63, 3.8) is 0 Å². The summed E-state index contributed by atoms with van der Waals surface area (Å²) < 4.78 is 5.38. The number of nitrogens with zero attached hydrogens (tertiary/aromatic N) is 1. The number of hydrogen-bond donors (Lipinski definition) is 1. The van der Waals surface area contributed by atoms with Gasteiger partial charge in [-0.05, 0) is 22.8 Å². The SMILES string of the molecule is COc1ccccc1CNC(=O)C1c2ccccc2CC(=O)N1Cc1ccccc1. The minimum atomic E-state index is -0.669. The van der Waals surface area contributed by atoms with Crippen LogP contribution in [0.3, 0.4) is 0 Å². The standard InChI is InChI=1S/C25H24N2O3/c1-30-22-14-8-6-12-20(22)16-26-25(29)24-21-13-7-5-11-19(21)15-23(28)27(24)17-18-9-3-2-4-10-18/h2-14,24H,15-17H2,1H3,(H,26,29). The van der Waals surface area contributed by atoms with Gasteiger partial charge >= 0.3 is 0 Å². The molecule has 152 valence electrons. The molecule has 5 nitrogen and oxygen atoms in total. The molecule has 1 unspecified atom stereocenters. The van der Waals surface area contributed by atoms with Crippen molar-refractivity contribution in [1.82, 2.24) is 10.2 Å². The van der Waals surface area contributed by atoms with Crippen molar-refractivity contribution in [2.24, 2.45) is 0 Å². The monoisotopic (exact) mass is 400 g/mol. The summed E-state index contributed by atoms with van der Waals surface area (Å²) >= 11 is 0. The van der Waals surface area contributed by atoms with Crippen LogP contribution in [0.15, 0.2) is 78.9 Å². The Morgan fingerprint density at radius 1 is 1.00 bits per heavy atom. The maximum atomic E-state index is 13.3. The smallest absolute Gasteiger partial charge is 0.247 e. The fourth-order valence-corrected chi connectivity index (χ4v) is 3.91. The number of amides is 2. The predicted molar refractivity (Wildman–Crippen MR) is 115 cm³/mol. The zero-order valence-electron chi connectivity index (χ0n) is 16.9. The van der Waals surface area contributed by atoms with Gasteiger partial charge in [0.1, 0.15) is 11.8 Å². The minimum Gasteiger partial charge on any atom is -0.496 e. The van der Waals surface area contributed by atoms with Crippen LogP contribution >= 0.6 is 0 Å². The van der Waals surface area contributed by atoms with Gasteiger partial charge in [0.25, 0.3) is 0 Å². The molecule has 2 amide bonds. The summed E-state index contributed by atoms with van der Waals surface area (Å²) in [6.07, 6.45) is 0.305. The van der Waals surface area contributed by atoms with Crippen molar-refractivity contribution in [3.8, 4) is 5.75 Å². The number of rotatable bonds is 6. The maximum absolute atomic E-state index is 13.3. The lowest BCUT2D eigenvalue weighted by Crippen LogP contribution is -2.46. The molecule has 1 heterocycles.